The summed E-state index contributed by atoms with van der Waals surface area (Å²) in [5, 5.41) is 6.69. The zero-order valence-corrected chi connectivity index (χ0v) is 19.1. The summed E-state index contributed by atoms with van der Waals surface area (Å²) in [4.78, 5) is 15.9. The average Bonchev–Trinajstić information content (AvgIpc) is 3.31. The predicted molar refractivity (Wildman–Crippen MR) is 132 cm³/mol. The van der Waals surface area contributed by atoms with E-state index in [1.54, 1.807) is 0 Å². The highest BCUT2D eigenvalue weighted by molar-refractivity contribution is 5.96. The number of nitrogens with one attached hydrogen (secondary N) is 2. The van der Waals surface area contributed by atoms with E-state index in [4.69, 9.17) is 0 Å². The van der Waals surface area contributed by atoms with Crippen LogP contribution in [0.5, 0.6) is 0 Å². The third-order valence-corrected chi connectivity index (χ3v) is 6.25. The molecule has 32 heavy (non-hydrogen) atoms. The molecule has 3 aromatic rings. The zero-order chi connectivity index (χ0) is 22.3. The summed E-state index contributed by atoms with van der Waals surface area (Å²) < 4.78 is 0. The first-order valence-electron chi connectivity index (χ1n) is 11.6. The van der Waals surface area contributed by atoms with Gasteiger partial charge < -0.3 is 5.32 Å². The molecule has 166 valence electrons. The van der Waals surface area contributed by atoms with Gasteiger partial charge in [-0.1, -0.05) is 66.7 Å². The number of nitrogens with zero attached hydrogens (tertiary/aromatic N) is 1. The molecule has 4 nitrogen and oxygen atoms in total. The Hall–Kier alpha value is -2.95. The summed E-state index contributed by atoms with van der Waals surface area (Å²) in [6.07, 6.45) is 2.57. The van der Waals surface area contributed by atoms with Crippen molar-refractivity contribution in [2.75, 3.05) is 18.4 Å². The molecule has 1 atom stereocenters. The molecule has 1 amide bonds. The molecule has 4 heteroatoms. The van der Waals surface area contributed by atoms with Crippen LogP contribution in [0.1, 0.15) is 46.7 Å². The molecule has 1 aliphatic rings. The molecule has 1 aliphatic heterocycles. The number of carbonyl (C=O) groups is 1. The van der Waals surface area contributed by atoms with Crippen molar-refractivity contribution in [3.63, 3.8) is 0 Å². The fourth-order valence-electron chi connectivity index (χ4n) is 4.36. The predicted octanol–water partition coefficient (Wildman–Crippen LogP) is 5.37. The number of aryl methyl sites for hydroxylation is 2. The molecule has 0 spiro atoms. The van der Waals surface area contributed by atoms with Crippen molar-refractivity contribution in [2.24, 2.45) is 0 Å². The topological polar surface area (TPSA) is 44.4 Å². The Labute approximate surface area is 191 Å². The van der Waals surface area contributed by atoms with E-state index in [2.05, 4.69) is 45.9 Å². The van der Waals surface area contributed by atoms with Crippen LogP contribution in [0.25, 0.3) is 0 Å². The number of hydrogen-bond acceptors (Lipinski definition) is 3. The fourth-order valence-corrected chi connectivity index (χ4v) is 4.36. The van der Waals surface area contributed by atoms with Gasteiger partial charge in [-0.3, -0.25) is 15.0 Å². The third kappa shape index (κ3) is 5.64. The zero-order valence-electron chi connectivity index (χ0n) is 19.1. The average molecular weight is 428 g/mol. The van der Waals surface area contributed by atoms with Gasteiger partial charge in [-0.05, 0) is 73.7 Å². The number of carbonyl (C=O) groups excluding carboxylic acids is 1. The second-order valence-electron chi connectivity index (χ2n) is 8.78. The van der Waals surface area contributed by atoms with E-state index in [0.717, 1.165) is 28.9 Å². The highest BCUT2D eigenvalue weighted by atomic mass is 16.2. The van der Waals surface area contributed by atoms with Crippen molar-refractivity contribution in [3.05, 3.63) is 101 Å². The van der Waals surface area contributed by atoms with Crippen LogP contribution in [0.15, 0.2) is 72.8 Å². The minimum atomic E-state index is -0.434. The van der Waals surface area contributed by atoms with E-state index >= 15 is 0 Å². The van der Waals surface area contributed by atoms with Crippen molar-refractivity contribution in [3.8, 4) is 0 Å². The quantitative estimate of drug-likeness (QED) is 0.508. The molecule has 0 aliphatic carbocycles. The van der Waals surface area contributed by atoms with Crippen LogP contribution in [-0.2, 0) is 17.9 Å². The van der Waals surface area contributed by atoms with E-state index in [9.17, 15) is 4.79 Å². The van der Waals surface area contributed by atoms with Crippen LogP contribution in [0.3, 0.4) is 0 Å². The van der Waals surface area contributed by atoms with E-state index in [1.807, 2.05) is 56.3 Å². The van der Waals surface area contributed by atoms with Gasteiger partial charge in [0.25, 0.3) is 0 Å². The lowest BCUT2D eigenvalue weighted by Gasteiger charge is -2.22. The molecule has 3 aromatic carbocycles. The number of hydrogen-bond donors (Lipinski definition) is 2. The summed E-state index contributed by atoms with van der Waals surface area (Å²) in [5.74, 6) is -0.0399. The largest absolute Gasteiger partial charge is 0.324 e. The minimum Gasteiger partial charge on any atom is -0.324 e. The third-order valence-electron chi connectivity index (χ3n) is 6.25. The molecule has 0 saturated carbocycles. The number of rotatable bonds is 8. The maximum absolute atomic E-state index is 13.4. The van der Waals surface area contributed by atoms with Crippen molar-refractivity contribution >= 4 is 11.6 Å². The van der Waals surface area contributed by atoms with Gasteiger partial charge in [0.15, 0.2) is 0 Å². The molecule has 4 rings (SSSR count). The first kappa shape index (κ1) is 22.3. The second-order valence-corrected chi connectivity index (χ2v) is 8.78. The molecule has 1 heterocycles. The van der Waals surface area contributed by atoms with Crippen LogP contribution < -0.4 is 10.6 Å². The SMILES string of the molecule is Cc1ccc(C)c(NC(=O)[C@@H](NCc2ccccc2CN2CCCC2)c2ccccc2)c1. The minimum absolute atomic E-state index is 0.0399. The van der Waals surface area contributed by atoms with Crippen molar-refractivity contribution in [1.82, 2.24) is 10.2 Å². The Kier molecular flexibility index (Phi) is 7.35. The van der Waals surface area contributed by atoms with Gasteiger partial charge >= 0.3 is 0 Å². The smallest absolute Gasteiger partial charge is 0.246 e. The van der Waals surface area contributed by atoms with Crippen LogP contribution in [0, 0.1) is 13.8 Å². The summed E-state index contributed by atoms with van der Waals surface area (Å²) in [7, 11) is 0. The monoisotopic (exact) mass is 427 g/mol. The van der Waals surface area contributed by atoms with E-state index < -0.39 is 6.04 Å². The van der Waals surface area contributed by atoms with Gasteiger partial charge in [-0.25, -0.2) is 0 Å². The first-order chi connectivity index (χ1) is 15.6. The van der Waals surface area contributed by atoms with E-state index in [1.165, 1.54) is 37.1 Å². The van der Waals surface area contributed by atoms with Gasteiger partial charge in [0.1, 0.15) is 6.04 Å². The number of amides is 1. The van der Waals surface area contributed by atoms with Gasteiger partial charge in [-0.2, -0.15) is 0 Å². The summed E-state index contributed by atoms with van der Waals surface area (Å²) in [6.45, 7) is 8.03. The molecule has 1 fully saturated rings. The van der Waals surface area contributed by atoms with Gasteiger partial charge in [0, 0.05) is 18.8 Å². The Bertz CT molecular complexity index is 1040. The normalized spacial score (nSPS) is 14.9. The molecular weight excluding hydrogens is 394 g/mol. The van der Waals surface area contributed by atoms with Crippen LogP contribution in [0.4, 0.5) is 5.69 Å². The van der Waals surface area contributed by atoms with Crippen molar-refractivity contribution in [1.29, 1.82) is 0 Å². The molecule has 0 radical (unpaired) electrons. The first-order valence-corrected chi connectivity index (χ1v) is 11.6. The molecule has 0 unspecified atom stereocenters. The van der Waals surface area contributed by atoms with E-state index in [-0.39, 0.29) is 5.91 Å². The highest BCUT2D eigenvalue weighted by Crippen LogP contribution is 2.22. The Morgan fingerprint density at radius 1 is 0.906 bits per heavy atom. The van der Waals surface area contributed by atoms with Gasteiger partial charge in [-0.15, -0.1) is 0 Å². The number of likely N-dealkylation sites (tertiary alicyclic amines) is 1. The van der Waals surface area contributed by atoms with Gasteiger partial charge in [0.05, 0.1) is 0 Å². The summed E-state index contributed by atoms with van der Waals surface area (Å²) in [6, 6.07) is 24.2. The lowest BCUT2D eigenvalue weighted by Crippen LogP contribution is -2.33. The summed E-state index contributed by atoms with van der Waals surface area (Å²) in [5.41, 5.74) is 6.61. The molecular formula is C28H33N3O. The lowest BCUT2D eigenvalue weighted by atomic mass is 10.0. The van der Waals surface area contributed by atoms with Crippen molar-refractivity contribution < 1.29 is 4.79 Å². The number of benzene rings is 3. The van der Waals surface area contributed by atoms with Crippen LogP contribution in [0.2, 0.25) is 0 Å². The maximum atomic E-state index is 13.4. The summed E-state index contributed by atoms with van der Waals surface area (Å²) >= 11 is 0. The fraction of sp³-hybridized carbons (Fsp3) is 0.321. The highest BCUT2D eigenvalue weighted by Gasteiger charge is 2.21. The number of anilines is 1. The molecule has 1 saturated heterocycles. The Morgan fingerprint density at radius 3 is 2.34 bits per heavy atom. The Morgan fingerprint density at radius 2 is 1.59 bits per heavy atom. The standard InChI is InChI=1S/C28H33N3O/c1-21-14-15-22(2)26(18-21)30-28(32)27(23-10-4-3-5-11-23)29-19-24-12-6-7-13-25(24)20-31-16-8-9-17-31/h3-7,10-15,18,27,29H,8-9,16-17,19-20H2,1-2H3,(H,30,32)/t27-/m0/s1. The van der Waals surface area contributed by atoms with Gasteiger partial charge in [0.2, 0.25) is 5.91 Å². The lowest BCUT2D eigenvalue weighted by molar-refractivity contribution is -0.118. The van der Waals surface area contributed by atoms with Crippen LogP contribution >= 0.6 is 0 Å². The molecule has 2 N–H and O–H groups in total. The Balaban J connectivity index is 1.52. The van der Waals surface area contributed by atoms with Crippen LogP contribution in [-0.4, -0.2) is 23.9 Å². The van der Waals surface area contributed by atoms with E-state index in [0.29, 0.717) is 6.54 Å². The maximum Gasteiger partial charge on any atom is 0.246 e. The van der Waals surface area contributed by atoms with Crippen molar-refractivity contribution in [2.45, 2.75) is 45.8 Å². The second kappa shape index (κ2) is 10.6. The molecule has 0 bridgehead atoms. The molecule has 0 aromatic heterocycles.